The van der Waals surface area contributed by atoms with Crippen molar-refractivity contribution in [3.8, 4) is 0 Å². The van der Waals surface area contributed by atoms with E-state index in [1.54, 1.807) is 55.5 Å². The first kappa shape index (κ1) is 23.8. The van der Waals surface area contributed by atoms with Gasteiger partial charge in [-0.3, -0.25) is 19.2 Å². The summed E-state index contributed by atoms with van der Waals surface area (Å²) in [6, 6.07) is 18.5. The van der Waals surface area contributed by atoms with Gasteiger partial charge in [0, 0.05) is 33.0 Å². The van der Waals surface area contributed by atoms with Crippen LogP contribution in [-0.4, -0.2) is 28.7 Å². The van der Waals surface area contributed by atoms with Crippen LogP contribution >= 0.6 is 0 Å². The molecule has 0 fully saturated rings. The largest absolute Gasteiger partial charge is 0.389 e. The maximum atomic E-state index is 13.8. The topological polar surface area (TPSA) is 95.0 Å². The molecule has 1 unspecified atom stereocenters. The number of hydrogen-bond donors (Lipinski definition) is 1. The van der Waals surface area contributed by atoms with Crippen molar-refractivity contribution >= 4 is 45.8 Å². The predicted molar refractivity (Wildman–Crippen MR) is 144 cm³/mol. The molecule has 2 aliphatic heterocycles. The Morgan fingerprint density at radius 2 is 1.16 bits per heavy atom. The van der Waals surface area contributed by atoms with Crippen molar-refractivity contribution in [2.24, 2.45) is 0 Å². The lowest BCUT2D eigenvalue weighted by Gasteiger charge is -2.33. The lowest BCUT2D eigenvalue weighted by molar-refractivity contribution is 0.0872. The van der Waals surface area contributed by atoms with Gasteiger partial charge in [-0.1, -0.05) is 37.3 Å². The van der Waals surface area contributed by atoms with E-state index in [1.807, 2.05) is 32.0 Å². The van der Waals surface area contributed by atoms with Crippen LogP contribution in [0.1, 0.15) is 78.1 Å². The lowest BCUT2D eigenvalue weighted by Crippen LogP contribution is -2.44. The number of imide groups is 2. The van der Waals surface area contributed by atoms with Gasteiger partial charge in [-0.05, 0) is 73.4 Å². The molecule has 4 aromatic rings. The highest BCUT2D eigenvalue weighted by Gasteiger charge is 2.41. The lowest BCUT2D eigenvalue weighted by atomic mass is 9.85. The van der Waals surface area contributed by atoms with Crippen LogP contribution in [0.4, 0.5) is 11.4 Å². The van der Waals surface area contributed by atoms with E-state index < -0.39 is 29.7 Å². The van der Waals surface area contributed by atoms with Crippen LogP contribution in [0.15, 0.2) is 66.7 Å². The van der Waals surface area contributed by atoms with Gasteiger partial charge in [-0.2, -0.15) is 0 Å². The number of anilines is 2. The molecule has 0 saturated heterocycles. The van der Waals surface area contributed by atoms with Crippen LogP contribution in [0.5, 0.6) is 0 Å². The number of carbonyl (C=O) groups excluding carboxylic acids is 4. The quantitative estimate of drug-likeness (QED) is 0.377. The number of para-hydroxylation sites is 1. The SMILES string of the molecule is CCc1cccc(C)c1N1C(=O)c2ccc3c4c(ccc(c24)C1=O)C(=O)N(c1ccc(C(C)O)cc1)C3=O. The average molecular weight is 505 g/mol. The maximum Gasteiger partial charge on any atom is 0.266 e. The van der Waals surface area contributed by atoms with Crippen molar-refractivity contribution in [3.05, 3.63) is 106 Å². The van der Waals surface area contributed by atoms with Crippen LogP contribution in [0.3, 0.4) is 0 Å². The number of carbonyl (C=O) groups is 4. The zero-order chi connectivity index (χ0) is 26.9. The molecular formula is C31H24N2O5. The normalized spacial score (nSPS) is 15.5. The van der Waals surface area contributed by atoms with Gasteiger partial charge in [-0.15, -0.1) is 0 Å². The fraction of sp³-hybridized carbons (Fsp3) is 0.161. The first-order valence-corrected chi connectivity index (χ1v) is 12.5. The van der Waals surface area contributed by atoms with E-state index in [9.17, 15) is 24.3 Å². The summed E-state index contributed by atoms with van der Waals surface area (Å²) in [4.78, 5) is 57.1. The van der Waals surface area contributed by atoms with E-state index in [-0.39, 0.29) is 22.3 Å². The Bertz CT molecular complexity index is 1650. The summed E-state index contributed by atoms with van der Waals surface area (Å²) in [5.74, 6) is -2.03. The molecular weight excluding hydrogens is 480 g/mol. The molecule has 0 radical (unpaired) electrons. The van der Waals surface area contributed by atoms with Gasteiger partial charge in [0.1, 0.15) is 0 Å². The number of aliphatic hydroxyl groups excluding tert-OH is 1. The summed E-state index contributed by atoms with van der Waals surface area (Å²) in [7, 11) is 0. The minimum Gasteiger partial charge on any atom is -0.389 e. The Morgan fingerprint density at radius 1 is 0.684 bits per heavy atom. The molecule has 4 amide bonds. The van der Waals surface area contributed by atoms with E-state index in [4.69, 9.17) is 0 Å². The third-order valence-electron chi connectivity index (χ3n) is 7.45. The van der Waals surface area contributed by atoms with Crippen LogP contribution in [0.25, 0.3) is 10.8 Å². The summed E-state index contributed by atoms with van der Waals surface area (Å²) in [6.45, 7) is 5.47. The molecule has 2 aliphatic rings. The van der Waals surface area contributed by atoms with Gasteiger partial charge in [0.15, 0.2) is 0 Å². The van der Waals surface area contributed by atoms with E-state index in [2.05, 4.69) is 0 Å². The molecule has 38 heavy (non-hydrogen) atoms. The van der Waals surface area contributed by atoms with Crippen molar-refractivity contribution in [3.63, 3.8) is 0 Å². The van der Waals surface area contributed by atoms with Gasteiger partial charge in [0.25, 0.3) is 23.6 Å². The Morgan fingerprint density at radius 3 is 1.61 bits per heavy atom. The first-order chi connectivity index (χ1) is 18.2. The second kappa shape index (κ2) is 8.46. The molecule has 0 spiro atoms. The van der Waals surface area contributed by atoms with E-state index in [0.717, 1.165) is 16.0 Å². The number of amides is 4. The Hall–Kier alpha value is -4.62. The summed E-state index contributed by atoms with van der Waals surface area (Å²) in [5, 5.41) is 10.5. The van der Waals surface area contributed by atoms with Gasteiger partial charge in [0.2, 0.25) is 0 Å². The third-order valence-corrected chi connectivity index (χ3v) is 7.45. The summed E-state index contributed by atoms with van der Waals surface area (Å²) < 4.78 is 0. The predicted octanol–water partition coefficient (Wildman–Crippen LogP) is 5.37. The van der Waals surface area contributed by atoms with Crippen molar-refractivity contribution in [1.29, 1.82) is 0 Å². The number of aryl methyl sites for hydroxylation is 2. The summed E-state index contributed by atoms with van der Waals surface area (Å²) in [5.41, 5.74) is 4.34. The Balaban J connectivity index is 1.52. The second-order valence-corrected chi connectivity index (χ2v) is 9.67. The van der Waals surface area contributed by atoms with Gasteiger partial charge in [-0.25, -0.2) is 9.80 Å². The standard InChI is InChI=1S/C31H24N2O5/c1-4-18-7-5-6-16(2)27(18)33-30(37)23-14-12-21-25-22(13-15-24(26(23)25)31(33)38)29(36)32(28(21)35)20-10-8-19(9-11-20)17(3)34/h5-15,17,34H,4H2,1-3H3. The van der Waals surface area contributed by atoms with Crippen LogP contribution in [0.2, 0.25) is 0 Å². The molecule has 1 N–H and O–H groups in total. The number of rotatable bonds is 4. The smallest absolute Gasteiger partial charge is 0.266 e. The molecule has 0 saturated carbocycles. The first-order valence-electron chi connectivity index (χ1n) is 12.5. The van der Waals surface area contributed by atoms with Crippen LogP contribution in [0, 0.1) is 6.92 Å². The zero-order valence-electron chi connectivity index (χ0n) is 21.1. The molecule has 188 valence electrons. The molecule has 7 nitrogen and oxygen atoms in total. The van der Waals surface area contributed by atoms with E-state index in [1.165, 1.54) is 4.90 Å². The molecule has 4 aromatic carbocycles. The van der Waals surface area contributed by atoms with Crippen LogP contribution in [-0.2, 0) is 6.42 Å². The highest BCUT2D eigenvalue weighted by molar-refractivity contribution is 6.42. The fourth-order valence-corrected chi connectivity index (χ4v) is 5.54. The average Bonchev–Trinajstić information content (AvgIpc) is 2.91. The zero-order valence-corrected chi connectivity index (χ0v) is 21.1. The van der Waals surface area contributed by atoms with Crippen molar-refractivity contribution in [2.75, 3.05) is 9.80 Å². The fourth-order valence-electron chi connectivity index (χ4n) is 5.54. The minimum absolute atomic E-state index is 0.249. The van der Waals surface area contributed by atoms with Crippen molar-refractivity contribution in [1.82, 2.24) is 0 Å². The van der Waals surface area contributed by atoms with Crippen molar-refractivity contribution in [2.45, 2.75) is 33.3 Å². The molecule has 0 aliphatic carbocycles. The Kier molecular flexibility index (Phi) is 5.29. The molecule has 7 heteroatoms. The van der Waals surface area contributed by atoms with Gasteiger partial charge >= 0.3 is 0 Å². The number of benzene rings is 4. The van der Waals surface area contributed by atoms with Crippen molar-refractivity contribution < 1.29 is 24.3 Å². The van der Waals surface area contributed by atoms with Crippen LogP contribution < -0.4 is 9.80 Å². The molecule has 0 bridgehead atoms. The number of aliphatic hydroxyl groups is 1. The highest BCUT2D eigenvalue weighted by Crippen LogP contribution is 2.41. The van der Waals surface area contributed by atoms with Gasteiger partial charge in [0.05, 0.1) is 17.5 Å². The van der Waals surface area contributed by atoms with Gasteiger partial charge < -0.3 is 5.11 Å². The minimum atomic E-state index is -0.684. The maximum absolute atomic E-state index is 13.8. The Labute approximate surface area is 218 Å². The molecule has 1 atom stereocenters. The molecule has 0 aromatic heterocycles. The summed E-state index contributed by atoms with van der Waals surface area (Å²) >= 11 is 0. The third kappa shape index (κ3) is 3.18. The monoisotopic (exact) mass is 504 g/mol. The highest BCUT2D eigenvalue weighted by atomic mass is 16.3. The van der Waals surface area contributed by atoms with E-state index >= 15 is 0 Å². The summed E-state index contributed by atoms with van der Waals surface area (Å²) in [6.07, 6.45) is -0.0398. The second-order valence-electron chi connectivity index (χ2n) is 9.67. The number of nitrogens with zero attached hydrogens (tertiary/aromatic N) is 2. The molecule has 6 rings (SSSR count). The number of hydrogen-bond acceptors (Lipinski definition) is 5. The van der Waals surface area contributed by atoms with E-state index in [0.29, 0.717) is 34.1 Å². The molecule has 2 heterocycles.